The first-order valence-corrected chi connectivity index (χ1v) is 7.08. The van der Waals surface area contributed by atoms with E-state index in [0.717, 1.165) is 28.9 Å². The molecule has 0 saturated heterocycles. The molecular formula is C19H20O2. The highest BCUT2D eigenvalue weighted by molar-refractivity contribution is 5.76. The average Bonchev–Trinajstić information content (AvgIpc) is 2.52. The van der Waals surface area contributed by atoms with Crippen LogP contribution >= 0.6 is 0 Å². The summed E-state index contributed by atoms with van der Waals surface area (Å²) >= 11 is 0. The van der Waals surface area contributed by atoms with Crippen molar-refractivity contribution in [2.24, 2.45) is 0 Å². The normalized spacial score (nSPS) is 10.8. The van der Waals surface area contributed by atoms with Gasteiger partial charge in [0.25, 0.3) is 0 Å². The molecule has 0 aliphatic carbocycles. The summed E-state index contributed by atoms with van der Waals surface area (Å²) in [5.74, 6) is 1.03. The fraction of sp³-hybridized carbons (Fsp3) is 0.211. The summed E-state index contributed by atoms with van der Waals surface area (Å²) in [6, 6.07) is 16.2. The lowest BCUT2D eigenvalue weighted by atomic mass is 10.00. The molecule has 0 aromatic heterocycles. The first-order chi connectivity index (χ1) is 10.2. The van der Waals surface area contributed by atoms with Gasteiger partial charge in [-0.15, -0.1) is 0 Å². The van der Waals surface area contributed by atoms with Crippen LogP contribution in [-0.4, -0.2) is 12.9 Å². The zero-order valence-electron chi connectivity index (χ0n) is 12.5. The highest BCUT2D eigenvalue weighted by Crippen LogP contribution is 2.21. The third-order valence-electron chi connectivity index (χ3n) is 3.35. The monoisotopic (exact) mass is 280 g/mol. The molecule has 0 unspecified atom stereocenters. The van der Waals surface area contributed by atoms with E-state index in [2.05, 4.69) is 24.3 Å². The maximum absolute atomic E-state index is 11.2. The molecule has 0 amide bonds. The van der Waals surface area contributed by atoms with E-state index in [0.29, 0.717) is 6.42 Å². The number of aryl methyl sites for hydroxylation is 1. The van der Waals surface area contributed by atoms with Crippen LogP contribution in [0.25, 0.3) is 12.2 Å². The van der Waals surface area contributed by atoms with Gasteiger partial charge in [-0.1, -0.05) is 48.6 Å². The van der Waals surface area contributed by atoms with E-state index < -0.39 is 0 Å². The third kappa shape index (κ3) is 4.60. The minimum Gasteiger partial charge on any atom is -0.497 e. The Hall–Kier alpha value is -2.35. The van der Waals surface area contributed by atoms with Crippen molar-refractivity contribution in [1.29, 1.82) is 0 Å². The molecule has 0 spiro atoms. The van der Waals surface area contributed by atoms with Gasteiger partial charge in [0, 0.05) is 6.42 Å². The second kappa shape index (κ2) is 7.44. The van der Waals surface area contributed by atoms with E-state index in [9.17, 15) is 4.79 Å². The summed E-state index contributed by atoms with van der Waals surface area (Å²) in [7, 11) is 1.66. The van der Waals surface area contributed by atoms with Gasteiger partial charge in [0.15, 0.2) is 0 Å². The second-order valence-electron chi connectivity index (χ2n) is 5.01. The summed E-state index contributed by atoms with van der Waals surface area (Å²) in [6.07, 6.45) is 5.46. The van der Waals surface area contributed by atoms with Crippen LogP contribution in [-0.2, 0) is 11.2 Å². The highest BCUT2D eigenvalue weighted by Gasteiger charge is 2.04. The van der Waals surface area contributed by atoms with Gasteiger partial charge < -0.3 is 9.53 Å². The Labute approximate surface area is 126 Å². The van der Waals surface area contributed by atoms with Crippen molar-refractivity contribution < 1.29 is 9.53 Å². The van der Waals surface area contributed by atoms with Crippen LogP contribution in [0.5, 0.6) is 5.75 Å². The molecule has 0 aliphatic heterocycles. The lowest BCUT2D eigenvalue weighted by Crippen LogP contribution is -1.97. The van der Waals surface area contributed by atoms with Crippen LogP contribution in [0.4, 0.5) is 0 Å². The summed E-state index contributed by atoms with van der Waals surface area (Å²) in [5.41, 5.74) is 3.42. The molecule has 0 heterocycles. The molecule has 108 valence electrons. The maximum Gasteiger partial charge on any atom is 0.130 e. The summed E-state index contributed by atoms with van der Waals surface area (Å²) in [5, 5.41) is 0. The Kier molecular flexibility index (Phi) is 5.33. The minimum absolute atomic E-state index is 0.204. The quantitative estimate of drug-likeness (QED) is 0.734. The molecule has 0 fully saturated rings. The maximum atomic E-state index is 11.2. The lowest BCUT2D eigenvalue weighted by Gasteiger charge is -2.08. The number of ether oxygens (including phenoxy) is 1. The first-order valence-electron chi connectivity index (χ1n) is 7.08. The predicted molar refractivity (Wildman–Crippen MR) is 87.4 cm³/mol. The largest absolute Gasteiger partial charge is 0.497 e. The van der Waals surface area contributed by atoms with E-state index in [1.807, 2.05) is 36.4 Å². The van der Waals surface area contributed by atoms with Crippen molar-refractivity contribution in [2.45, 2.75) is 19.8 Å². The fourth-order valence-corrected chi connectivity index (χ4v) is 2.15. The van der Waals surface area contributed by atoms with Gasteiger partial charge in [0.2, 0.25) is 0 Å². The molecule has 21 heavy (non-hydrogen) atoms. The molecule has 0 bridgehead atoms. The van der Waals surface area contributed by atoms with Crippen LogP contribution in [0, 0.1) is 0 Å². The van der Waals surface area contributed by atoms with Crippen molar-refractivity contribution in [3.8, 4) is 5.75 Å². The van der Waals surface area contributed by atoms with Crippen LogP contribution in [0.15, 0.2) is 48.5 Å². The number of carbonyl (C=O) groups excluding carboxylic acids is 1. The summed E-state index contributed by atoms with van der Waals surface area (Å²) < 4.78 is 5.27. The Morgan fingerprint density at radius 3 is 2.52 bits per heavy atom. The van der Waals surface area contributed by atoms with Gasteiger partial charge in [-0.05, 0) is 42.2 Å². The topological polar surface area (TPSA) is 26.3 Å². The fourth-order valence-electron chi connectivity index (χ4n) is 2.15. The molecule has 2 aromatic rings. The zero-order valence-corrected chi connectivity index (χ0v) is 12.5. The number of methoxy groups -OCH3 is 1. The average molecular weight is 280 g/mol. The van der Waals surface area contributed by atoms with Crippen LogP contribution < -0.4 is 4.74 Å². The molecule has 0 radical (unpaired) electrons. The Balaban J connectivity index is 2.24. The van der Waals surface area contributed by atoms with Crippen LogP contribution in [0.3, 0.4) is 0 Å². The van der Waals surface area contributed by atoms with E-state index in [4.69, 9.17) is 4.74 Å². The standard InChI is InChI=1S/C19H20O2/c1-15(20)8-10-18-14-19(21-2)13-12-17(18)11-9-16-6-4-3-5-7-16/h3-7,9,11-14H,8,10H2,1-2H3/b11-9+. The van der Waals surface area contributed by atoms with Crippen molar-refractivity contribution >= 4 is 17.9 Å². The van der Waals surface area contributed by atoms with Gasteiger partial charge >= 0.3 is 0 Å². The predicted octanol–water partition coefficient (Wildman–Crippen LogP) is 4.39. The molecule has 0 saturated carbocycles. The number of Topliss-reactive ketones (excluding diaryl/α,β-unsaturated/α-hetero) is 1. The highest BCUT2D eigenvalue weighted by atomic mass is 16.5. The van der Waals surface area contributed by atoms with E-state index in [1.165, 1.54) is 0 Å². The number of carbonyl (C=O) groups is 1. The van der Waals surface area contributed by atoms with Gasteiger partial charge in [0.1, 0.15) is 11.5 Å². The second-order valence-corrected chi connectivity index (χ2v) is 5.01. The molecule has 0 N–H and O–H groups in total. The Morgan fingerprint density at radius 1 is 1.10 bits per heavy atom. The van der Waals surface area contributed by atoms with Gasteiger partial charge in [-0.3, -0.25) is 0 Å². The summed E-state index contributed by atoms with van der Waals surface area (Å²) in [6.45, 7) is 1.62. The summed E-state index contributed by atoms with van der Waals surface area (Å²) in [4.78, 5) is 11.2. The Morgan fingerprint density at radius 2 is 1.86 bits per heavy atom. The number of benzene rings is 2. The lowest BCUT2D eigenvalue weighted by molar-refractivity contribution is -0.116. The van der Waals surface area contributed by atoms with Crippen molar-refractivity contribution in [3.05, 3.63) is 65.2 Å². The zero-order chi connectivity index (χ0) is 15.1. The van der Waals surface area contributed by atoms with Crippen LogP contribution in [0.2, 0.25) is 0 Å². The van der Waals surface area contributed by atoms with Crippen LogP contribution in [0.1, 0.15) is 30.0 Å². The SMILES string of the molecule is COc1ccc(/C=C/c2ccccc2)c(CCC(C)=O)c1. The van der Waals surface area contributed by atoms with Crippen molar-refractivity contribution in [2.75, 3.05) is 7.11 Å². The molecule has 2 heteroatoms. The molecule has 0 aliphatic rings. The first kappa shape index (κ1) is 15.0. The van der Waals surface area contributed by atoms with E-state index >= 15 is 0 Å². The van der Waals surface area contributed by atoms with Gasteiger partial charge in [-0.25, -0.2) is 0 Å². The molecule has 2 aromatic carbocycles. The number of ketones is 1. The minimum atomic E-state index is 0.204. The molecule has 2 rings (SSSR count). The van der Waals surface area contributed by atoms with E-state index in [1.54, 1.807) is 14.0 Å². The number of rotatable bonds is 6. The van der Waals surface area contributed by atoms with Crippen molar-refractivity contribution in [3.63, 3.8) is 0 Å². The van der Waals surface area contributed by atoms with Gasteiger partial charge in [0.05, 0.1) is 7.11 Å². The number of hydrogen-bond acceptors (Lipinski definition) is 2. The van der Waals surface area contributed by atoms with Gasteiger partial charge in [-0.2, -0.15) is 0 Å². The van der Waals surface area contributed by atoms with Crippen molar-refractivity contribution in [1.82, 2.24) is 0 Å². The Bertz CT molecular complexity index is 627. The molecule has 2 nitrogen and oxygen atoms in total. The third-order valence-corrected chi connectivity index (χ3v) is 3.35. The van der Waals surface area contributed by atoms with E-state index in [-0.39, 0.29) is 5.78 Å². The molecule has 0 atom stereocenters. The molecular weight excluding hydrogens is 260 g/mol. The number of hydrogen-bond donors (Lipinski definition) is 0. The smallest absolute Gasteiger partial charge is 0.130 e.